The highest BCUT2D eigenvalue weighted by molar-refractivity contribution is 7.71. The van der Waals surface area contributed by atoms with Gasteiger partial charge in [-0.05, 0) is 77.9 Å². The molecule has 0 fully saturated rings. The molecule has 164 valence electrons. The first-order chi connectivity index (χ1) is 16.2. The summed E-state index contributed by atoms with van der Waals surface area (Å²) in [5.41, 5.74) is 3.21. The first-order valence-electron chi connectivity index (χ1n) is 11.2. The van der Waals surface area contributed by atoms with Crippen molar-refractivity contribution in [3.8, 4) is 11.4 Å². The van der Waals surface area contributed by atoms with E-state index in [1.54, 1.807) is 4.68 Å². The Hall–Kier alpha value is -3.77. The SMILES string of the molecule is CCN(CC)c1ccc(-c2n[nH]c(=S)n2N=Cc2c3ccccc3cc3ccccc23)cc1. The Morgan fingerprint density at radius 1 is 0.909 bits per heavy atom. The molecule has 0 aliphatic carbocycles. The van der Waals surface area contributed by atoms with Crippen molar-refractivity contribution in [2.45, 2.75) is 13.8 Å². The van der Waals surface area contributed by atoms with Gasteiger partial charge in [-0.1, -0.05) is 48.5 Å². The summed E-state index contributed by atoms with van der Waals surface area (Å²) in [5.74, 6) is 0.687. The fourth-order valence-electron chi connectivity index (χ4n) is 4.30. The lowest BCUT2D eigenvalue weighted by Crippen LogP contribution is -2.21. The van der Waals surface area contributed by atoms with Crippen LogP contribution in [0.2, 0.25) is 0 Å². The molecule has 0 radical (unpaired) electrons. The average molecular weight is 452 g/mol. The number of rotatable bonds is 6. The summed E-state index contributed by atoms with van der Waals surface area (Å²) in [4.78, 5) is 2.31. The van der Waals surface area contributed by atoms with Gasteiger partial charge in [0.2, 0.25) is 4.77 Å². The summed E-state index contributed by atoms with van der Waals surface area (Å²) in [6.45, 7) is 6.26. The summed E-state index contributed by atoms with van der Waals surface area (Å²) < 4.78 is 2.15. The second kappa shape index (κ2) is 9.00. The molecule has 0 spiro atoms. The number of anilines is 1. The van der Waals surface area contributed by atoms with Crippen molar-refractivity contribution in [1.82, 2.24) is 14.9 Å². The van der Waals surface area contributed by atoms with Crippen LogP contribution in [0, 0.1) is 4.77 Å². The summed E-state index contributed by atoms with van der Waals surface area (Å²) in [6.07, 6.45) is 1.89. The van der Waals surface area contributed by atoms with Crippen LogP contribution in [0.1, 0.15) is 19.4 Å². The van der Waals surface area contributed by atoms with E-state index in [1.807, 2.05) is 6.21 Å². The van der Waals surface area contributed by atoms with Crippen LogP contribution in [-0.4, -0.2) is 34.2 Å². The number of aromatic amines is 1. The maximum Gasteiger partial charge on any atom is 0.216 e. The first kappa shape index (κ1) is 21.1. The number of nitrogens with zero attached hydrogens (tertiary/aromatic N) is 4. The van der Waals surface area contributed by atoms with Crippen LogP contribution < -0.4 is 4.90 Å². The van der Waals surface area contributed by atoms with Gasteiger partial charge in [0.1, 0.15) is 0 Å². The molecule has 0 atom stereocenters. The molecule has 0 aliphatic rings. The zero-order valence-corrected chi connectivity index (χ0v) is 19.5. The molecular formula is C27H25N5S. The molecule has 1 N–H and O–H groups in total. The number of fused-ring (bicyclic) bond motifs is 2. The molecule has 6 heteroatoms. The lowest BCUT2D eigenvalue weighted by molar-refractivity contribution is 0.864. The van der Waals surface area contributed by atoms with E-state index in [9.17, 15) is 0 Å². The van der Waals surface area contributed by atoms with Crippen LogP contribution in [0.25, 0.3) is 32.9 Å². The van der Waals surface area contributed by atoms with Gasteiger partial charge >= 0.3 is 0 Å². The van der Waals surface area contributed by atoms with Crippen LogP contribution >= 0.6 is 12.2 Å². The fourth-order valence-corrected chi connectivity index (χ4v) is 4.48. The molecule has 0 unspecified atom stereocenters. The molecule has 4 aromatic carbocycles. The van der Waals surface area contributed by atoms with Crippen molar-refractivity contribution in [2.75, 3.05) is 18.0 Å². The van der Waals surface area contributed by atoms with Crippen LogP contribution in [0.4, 0.5) is 5.69 Å². The van der Waals surface area contributed by atoms with E-state index in [-0.39, 0.29) is 0 Å². The van der Waals surface area contributed by atoms with Gasteiger partial charge in [-0.3, -0.25) is 0 Å². The quantitative estimate of drug-likeness (QED) is 0.179. The molecule has 0 bridgehead atoms. The molecule has 0 aliphatic heterocycles. The van der Waals surface area contributed by atoms with E-state index >= 15 is 0 Å². The average Bonchev–Trinajstić information content (AvgIpc) is 3.23. The standard InChI is InChI=1S/C27H25N5S/c1-3-31(4-2)22-15-13-19(14-16-22)26-29-30-27(33)32(26)28-18-25-23-11-7-5-9-20(23)17-21-10-6-8-12-24(21)25/h5-18H,3-4H2,1-2H3,(H,30,33). The van der Waals surface area contributed by atoms with E-state index in [4.69, 9.17) is 17.3 Å². The third-order valence-corrected chi connectivity index (χ3v) is 6.28. The second-order valence-electron chi connectivity index (χ2n) is 7.86. The van der Waals surface area contributed by atoms with Crippen LogP contribution in [0.3, 0.4) is 0 Å². The highest BCUT2D eigenvalue weighted by Crippen LogP contribution is 2.28. The lowest BCUT2D eigenvalue weighted by atomic mass is 9.97. The van der Waals surface area contributed by atoms with Crippen LogP contribution in [0.5, 0.6) is 0 Å². The molecule has 0 saturated carbocycles. The van der Waals surface area contributed by atoms with Crippen LogP contribution in [0.15, 0.2) is 84.0 Å². The molecule has 0 saturated heterocycles. The van der Waals surface area contributed by atoms with Crippen molar-refractivity contribution in [3.63, 3.8) is 0 Å². The zero-order valence-electron chi connectivity index (χ0n) is 18.7. The summed E-state index contributed by atoms with van der Waals surface area (Å²) >= 11 is 5.51. The molecule has 33 heavy (non-hydrogen) atoms. The maximum absolute atomic E-state index is 5.51. The number of nitrogens with one attached hydrogen (secondary N) is 1. The van der Waals surface area contributed by atoms with Gasteiger partial charge in [0, 0.05) is 29.9 Å². The van der Waals surface area contributed by atoms with Crippen molar-refractivity contribution in [1.29, 1.82) is 0 Å². The predicted octanol–water partition coefficient (Wildman–Crippen LogP) is 6.64. The van der Waals surface area contributed by atoms with Gasteiger partial charge in [0.05, 0.1) is 6.21 Å². The van der Waals surface area contributed by atoms with Gasteiger partial charge in [-0.25, -0.2) is 5.10 Å². The third kappa shape index (κ3) is 3.94. The molecule has 0 amide bonds. The zero-order chi connectivity index (χ0) is 22.8. The Morgan fingerprint density at radius 3 is 2.12 bits per heavy atom. The Balaban J connectivity index is 1.59. The fraction of sp³-hybridized carbons (Fsp3) is 0.148. The van der Waals surface area contributed by atoms with E-state index in [2.05, 4.69) is 108 Å². The Kier molecular flexibility index (Phi) is 5.75. The highest BCUT2D eigenvalue weighted by atomic mass is 32.1. The number of hydrogen-bond donors (Lipinski definition) is 1. The molecule has 5 aromatic rings. The normalized spacial score (nSPS) is 11.6. The Labute approximate surface area is 198 Å². The van der Waals surface area contributed by atoms with E-state index in [0.717, 1.165) is 35.0 Å². The molecular weight excluding hydrogens is 426 g/mol. The van der Waals surface area contributed by atoms with Crippen molar-refractivity contribution in [3.05, 3.63) is 89.2 Å². The maximum atomic E-state index is 5.51. The summed E-state index contributed by atoms with van der Waals surface area (Å²) in [5, 5.41) is 16.8. The topological polar surface area (TPSA) is 49.2 Å². The Morgan fingerprint density at radius 2 is 1.52 bits per heavy atom. The van der Waals surface area contributed by atoms with E-state index in [0.29, 0.717) is 10.6 Å². The minimum Gasteiger partial charge on any atom is -0.372 e. The molecule has 1 heterocycles. The van der Waals surface area contributed by atoms with Gasteiger partial charge < -0.3 is 4.90 Å². The first-order valence-corrected chi connectivity index (χ1v) is 11.6. The van der Waals surface area contributed by atoms with Gasteiger partial charge in [-0.2, -0.15) is 14.9 Å². The van der Waals surface area contributed by atoms with Crippen molar-refractivity contribution in [2.24, 2.45) is 5.10 Å². The van der Waals surface area contributed by atoms with E-state index < -0.39 is 0 Å². The number of hydrogen-bond acceptors (Lipinski definition) is 4. The summed E-state index contributed by atoms with van der Waals surface area (Å²) in [6, 6.07) is 27.3. The number of aromatic nitrogens is 3. The van der Waals surface area contributed by atoms with Gasteiger partial charge in [0.25, 0.3) is 0 Å². The Bertz CT molecular complexity index is 1450. The number of benzene rings is 4. The highest BCUT2D eigenvalue weighted by Gasteiger charge is 2.11. The van der Waals surface area contributed by atoms with Gasteiger partial charge in [-0.15, -0.1) is 0 Å². The molecule has 1 aromatic heterocycles. The van der Waals surface area contributed by atoms with E-state index in [1.165, 1.54) is 16.5 Å². The lowest BCUT2D eigenvalue weighted by Gasteiger charge is -2.21. The predicted molar refractivity (Wildman–Crippen MR) is 141 cm³/mol. The largest absolute Gasteiger partial charge is 0.372 e. The third-order valence-electron chi connectivity index (χ3n) is 6.02. The minimum absolute atomic E-state index is 0.457. The molecule has 5 rings (SSSR count). The second-order valence-corrected chi connectivity index (χ2v) is 8.25. The van der Waals surface area contributed by atoms with Crippen molar-refractivity contribution < 1.29 is 0 Å². The van der Waals surface area contributed by atoms with Gasteiger partial charge in [0.15, 0.2) is 5.82 Å². The van der Waals surface area contributed by atoms with Crippen LogP contribution in [-0.2, 0) is 0 Å². The minimum atomic E-state index is 0.457. The van der Waals surface area contributed by atoms with Crippen molar-refractivity contribution >= 4 is 45.7 Å². The molecule has 5 nitrogen and oxygen atoms in total. The number of H-pyrrole nitrogens is 1. The smallest absolute Gasteiger partial charge is 0.216 e. The summed E-state index contributed by atoms with van der Waals surface area (Å²) in [7, 11) is 0. The monoisotopic (exact) mass is 451 g/mol.